The molecule has 0 aromatic heterocycles. The SMILES string of the molecule is Bc1ccc2c(c1)CC1(CCN3CCCC3C1)O2. The average molecular weight is 241 g/mol. The molecular formula is C15H20BNO. The van der Waals surface area contributed by atoms with E-state index in [1.807, 2.05) is 0 Å². The summed E-state index contributed by atoms with van der Waals surface area (Å²) in [6, 6.07) is 7.43. The van der Waals surface area contributed by atoms with E-state index in [2.05, 4.69) is 30.9 Å². The molecule has 0 radical (unpaired) electrons. The number of nitrogens with zero attached hydrogens (tertiary/aromatic N) is 1. The van der Waals surface area contributed by atoms with Crippen LogP contribution in [0.1, 0.15) is 31.2 Å². The van der Waals surface area contributed by atoms with Gasteiger partial charge in [0.25, 0.3) is 0 Å². The molecule has 3 heteroatoms. The number of rotatable bonds is 0. The molecule has 0 saturated carbocycles. The number of benzene rings is 1. The first-order chi connectivity index (χ1) is 8.74. The maximum Gasteiger partial charge on any atom is 0.139 e. The Morgan fingerprint density at radius 1 is 1.33 bits per heavy atom. The van der Waals surface area contributed by atoms with Crippen LogP contribution < -0.4 is 10.2 Å². The third-order valence-electron chi connectivity index (χ3n) is 5.02. The Balaban J connectivity index is 1.60. The number of fused-ring (bicyclic) bond motifs is 2. The molecule has 94 valence electrons. The first-order valence-corrected chi connectivity index (χ1v) is 7.27. The molecule has 1 aromatic carbocycles. The fourth-order valence-electron chi connectivity index (χ4n) is 4.12. The van der Waals surface area contributed by atoms with Crippen molar-refractivity contribution in [1.82, 2.24) is 4.90 Å². The van der Waals surface area contributed by atoms with Gasteiger partial charge in [0.05, 0.1) is 0 Å². The maximum atomic E-state index is 6.37. The summed E-state index contributed by atoms with van der Waals surface area (Å²) in [5.41, 5.74) is 2.91. The second-order valence-electron chi connectivity index (χ2n) is 6.36. The zero-order chi connectivity index (χ0) is 12.2. The lowest BCUT2D eigenvalue weighted by atomic mass is 9.82. The van der Waals surface area contributed by atoms with Crippen LogP contribution in [0.5, 0.6) is 5.75 Å². The van der Waals surface area contributed by atoms with Crippen LogP contribution in [0, 0.1) is 0 Å². The normalized spacial score (nSPS) is 34.3. The van der Waals surface area contributed by atoms with Crippen LogP contribution in [0.3, 0.4) is 0 Å². The minimum atomic E-state index is 0.127. The number of ether oxygens (including phenoxy) is 1. The molecule has 2 saturated heterocycles. The zero-order valence-electron chi connectivity index (χ0n) is 11.1. The molecule has 3 aliphatic heterocycles. The van der Waals surface area contributed by atoms with Gasteiger partial charge in [0.1, 0.15) is 19.2 Å². The predicted molar refractivity (Wildman–Crippen MR) is 75.5 cm³/mol. The molecule has 3 aliphatic rings. The largest absolute Gasteiger partial charge is 0.487 e. The van der Waals surface area contributed by atoms with Gasteiger partial charge in [-0.15, -0.1) is 0 Å². The lowest BCUT2D eigenvalue weighted by Gasteiger charge is -2.41. The molecule has 2 atom stereocenters. The van der Waals surface area contributed by atoms with Gasteiger partial charge >= 0.3 is 0 Å². The first-order valence-electron chi connectivity index (χ1n) is 7.27. The molecule has 1 aromatic rings. The number of piperidine rings is 1. The second kappa shape index (κ2) is 3.77. The van der Waals surface area contributed by atoms with Crippen LogP contribution in [0.25, 0.3) is 0 Å². The summed E-state index contributed by atoms with van der Waals surface area (Å²) >= 11 is 0. The van der Waals surface area contributed by atoms with E-state index in [4.69, 9.17) is 4.74 Å². The van der Waals surface area contributed by atoms with E-state index in [0.717, 1.165) is 18.2 Å². The Morgan fingerprint density at radius 3 is 3.22 bits per heavy atom. The smallest absolute Gasteiger partial charge is 0.139 e. The van der Waals surface area contributed by atoms with Gasteiger partial charge in [0.2, 0.25) is 0 Å². The molecule has 0 aliphatic carbocycles. The minimum absolute atomic E-state index is 0.127. The third kappa shape index (κ3) is 1.60. The molecule has 3 heterocycles. The van der Waals surface area contributed by atoms with Gasteiger partial charge in [-0.05, 0) is 31.0 Å². The van der Waals surface area contributed by atoms with Crippen molar-refractivity contribution in [2.24, 2.45) is 0 Å². The van der Waals surface area contributed by atoms with Crippen molar-refractivity contribution in [3.05, 3.63) is 23.8 Å². The van der Waals surface area contributed by atoms with Crippen LogP contribution in [-0.2, 0) is 6.42 Å². The summed E-state index contributed by atoms with van der Waals surface area (Å²) in [6.07, 6.45) is 6.33. The quantitative estimate of drug-likeness (QED) is 0.625. The zero-order valence-corrected chi connectivity index (χ0v) is 11.1. The van der Waals surface area contributed by atoms with Gasteiger partial charge in [0.15, 0.2) is 0 Å². The highest BCUT2D eigenvalue weighted by atomic mass is 16.5. The van der Waals surface area contributed by atoms with Crippen LogP contribution in [-0.4, -0.2) is 37.5 Å². The van der Waals surface area contributed by atoms with Crippen molar-refractivity contribution in [3.8, 4) is 5.75 Å². The Kier molecular flexibility index (Phi) is 2.29. The van der Waals surface area contributed by atoms with Gasteiger partial charge in [-0.1, -0.05) is 17.6 Å². The summed E-state index contributed by atoms with van der Waals surface area (Å²) in [4.78, 5) is 2.67. The first kappa shape index (κ1) is 10.9. The molecule has 18 heavy (non-hydrogen) atoms. The molecule has 0 amide bonds. The third-order valence-corrected chi connectivity index (χ3v) is 5.02. The summed E-state index contributed by atoms with van der Waals surface area (Å²) in [7, 11) is 2.17. The highest BCUT2D eigenvalue weighted by molar-refractivity contribution is 6.32. The molecule has 2 fully saturated rings. The molecule has 2 nitrogen and oxygen atoms in total. The van der Waals surface area contributed by atoms with Crippen molar-refractivity contribution in [1.29, 1.82) is 0 Å². The van der Waals surface area contributed by atoms with Gasteiger partial charge in [-0.25, -0.2) is 0 Å². The summed E-state index contributed by atoms with van der Waals surface area (Å²) in [5, 5.41) is 0. The van der Waals surface area contributed by atoms with Crippen LogP contribution in [0.2, 0.25) is 0 Å². The van der Waals surface area contributed by atoms with Crippen molar-refractivity contribution >= 4 is 13.3 Å². The van der Waals surface area contributed by atoms with Gasteiger partial charge in [0, 0.05) is 31.8 Å². The maximum absolute atomic E-state index is 6.37. The molecule has 1 spiro atoms. The topological polar surface area (TPSA) is 12.5 Å². The Hall–Kier alpha value is -0.955. The fourth-order valence-corrected chi connectivity index (χ4v) is 4.12. The summed E-state index contributed by atoms with van der Waals surface area (Å²) in [6.45, 7) is 2.55. The van der Waals surface area contributed by atoms with Crippen LogP contribution in [0.4, 0.5) is 0 Å². The molecule has 4 rings (SSSR count). The van der Waals surface area contributed by atoms with E-state index in [0.29, 0.717) is 0 Å². The summed E-state index contributed by atoms with van der Waals surface area (Å²) in [5.74, 6) is 1.15. The van der Waals surface area contributed by atoms with E-state index >= 15 is 0 Å². The Bertz CT molecular complexity index is 489. The van der Waals surface area contributed by atoms with E-state index in [9.17, 15) is 0 Å². The molecule has 0 bridgehead atoms. The molecule has 0 N–H and O–H groups in total. The van der Waals surface area contributed by atoms with Crippen molar-refractivity contribution in [2.45, 2.75) is 43.7 Å². The van der Waals surface area contributed by atoms with E-state index in [1.165, 1.54) is 49.8 Å². The molecule has 2 unspecified atom stereocenters. The highest BCUT2D eigenvalue weighted by Crippen LogP contribution is 2.44. The van der Waals surface area contributed by atoms with Crippen molar-refractivity contribution in [3.63, 3.8) is 0 Å². The van der Waals surface area contributed by atoms with Crippen molar-refractivity contribution < 1.29 is 4.74 Å². The lowest BCUT2D eigenvalue weighted by molar-refractivity contribution is 0.00195. The van der Waals surface area contributed by atoms with E-state index in [1.54, 1.807) is 0 Å². The standard InChI is InChI=1S/C15H20BNO/c16-12-3-4-14-11(8-12)9-15(18-14)5-7-17-6-1-2-13(17)10-15/h3-4,8,13H,1-2,5-7,9-10,16H2. The highest BCUT2D eigenvalue weighted by Gasteiger charge is 2.46. The van der Waals surface area contributed by atoms with Gasteiger partial charge in [-0.2, -0.15) is 0 Å². The fraction of sp³-hybridized carbons (Fsp3) is 0.600. The average Bonchev–Trinajstić information content (AvgIpc) is 2.92. The van der Waals surface area contributed by atoms with Crippen molar-refractivity contribution in [2.75, 3.05) is 13.1 Å². The number of hydrogen-bond acceptors (Lipinski definition) is 2. The van der Waals surface area contributed by atoms with Gasteiger partial charge in [-0.3, -0.25) is 0 Å². The van der Waals surface area contributed by atoms with Crippen LogP contribution >= 0.6 is 0 Å². The predicted octanol–water partition coefficient (Wildman–Crippen LogP) is 0.877. The minimum Gasteiger partial charge on any atom is -0.487 e. The van der Waals surface area contributed by atoms with E-state index < -0.39 is 0 Å². The number of hydrogen-bond donors (Lipinski definition) is 0. The monoisotopic (exact) mass is 241 g/mol. The van der Waals surface area contributed by atoms with Gasteiger partial charge < -0.3 is 9.64 Å². The van der Waals surface area contributed by atoms with E-state index in [-0.39, 0.29) is 5.60 Å². The second-order valence-corrected chi connectivity index (χ2v) is 6.36. The molecular weight excluding hydrogens is 221 g/mol. The van der Waals surface area contributed by atoms with Crippen LogP contribution in [0.15, 0.2) is 18.2 Å². The summed E-state index contributed by atoms with van der Waals surface area (Å²) < 4.78 is 6.37. The Morgan fingerprint density at radius 2 is 2.28 bits per heavy atom. The lowest BCUT2D eigenvalue weighted by Crippen LogP contribution is -2.50. The Labute approximate surface area is 110 Å².